The number of nitrogens with one attached hydrogen (secondary N) is 1. The maximum Gasteiger partial charge on any atom is 0.271 e. The topological polar surface area (TPSA) is 81.1 Å². The van der Waals surface area contributed by atoms with E-state index in [9.17, 15) is 10.1 Å². The average Bonchev–Trinajstić information content (AvgIpc) is 2.98. The molecule has 2 aromatic carbocycles. The van der Waals surface area contributed by atoms with Gasteiger partial charge in [0, 0.05) is 12.1 Å². The van der Waals surface area contributed by atoms with Gasteiger partial charge in [-0.2, -0.15) is 0 Å². The molecular weight excluding hydrogens is 306 g/mol. The van der Waals surface area contributed by atoms with Crippen molar-refractivity contribution >= 4 is 16.7 Å². The van der Waals surface area contributed by atoms with Crippen molar-refractivity contribution in [2.75, 3.05) is 0 Å². The van der Waals surface area contributed by atoms with Crippen LogP contribution in [0.4, 0.5) is 5.69 Å². The van der Waals surface area contributed by atoms with Gasteiger partial charge in [-0.05, 0) is 36.6 Å². The number of hydrogen-bond donors (Lipinski definition) is 1. The van der Waals surface area contributed by atoms with Gasteiger partial charge in [0.25, 0.3) is 5.69 Å². The lowest BCUT2D eigenvalue weighted by atomic mass is 10.0. The summed E-state index contributed by atoms with van der Waals surface area (Å²) in [5.74, 6) is 1.87. The predicted octanol–water partition coefficient (Wildman–Crippen LogP) is 4.73. The highest BCUT2D eigenvalue weighted by Gasteiger charge is 2.15. The molecule has 0 bridgehead atoms. The fourth-order valence-electron chi connectivity index (χ4n) is 2.51. The van der Waals surface area contributed by atoms with Crippen LogP contribution in [0.25, 0.3) is 11.0 Å². The van der Waals surface area contributed by atoms with Crippen LogP contribution in [0.1, 0.15) is 44.2 Å². The van der Waals surface area contributed by atoms with Crippen molar-refractivity contribution in [2.24, 2.45) is 0 Å². The number of H-pyrrole nitrogens is 1. The van der Waals surface area contributed by atoms with Crippen molar-refractivity contribution in [1.82, 2.24) is 9.97 Å². The summed E-state index contributed by atoms with van der Waals surface area (Å²) in [6, 6.07) is 12.6. The zero-order valence-electron chi connectivity index (χ0n) is 13.8. The molecule has 0 saturated carbocycles. The Labute approximate surface area is 139 Å². The Bertz CT molecular complexity index is 869. The molecule has 0 radical (unpaired) electrons. The first-order valence-electron chi connectivity index (χ1n) is 7.84. The Balaban J connectivity index is 1.80. The van der Waals surface area contributed by atoms with Crippen LogP contribution >= 0.6 is 0 Å². The van der Waals surface area contributed by atoms with Crippen LogP contribution in [0.5, 0.6) is 5.75 Å². The standard InChI is InChI=1S/C18H19N3O3/c1-11(2)13-4-7-15(8-5-13)24-12(3)18-19-16-9-6-14(21(22)23)10-17(16)20-18/h4-12H,1-3H3,(H,19,20)/t12-/m1/s1. The summed E-state index contributed by atoms with van der Waals surface area (Å²) >= 11 is 0. The second-order valence-electron chi connectivity index (χ2n) is 6.06. The summed E-state index contributed by atoms with van der Waals surface area (Å²) in [5.41, 5.74) is 2.60. The van der Waals surface area contributed by atoms with E-state index in [-0.39, 0.29) is 11.8 Å². The smallest absolute Gasteiger partial charge is 0.271 e. The van der Waals surface area contributed by atoms with Crippen LogP contribution in [0.15, 0.2) is 42.5 Å². The maximum absolute atomic E-state index is 10.8. The average molecular weight is 325 g/mol. The van der Waals surface area contributed by atoms with Gasteiger partial charge in [-0.25, -0.2) is 4.98 Å². The molecular formula is C18H19N3O3. The largest absolute Gasteiger partial charge is 0.483 e. The van der Waals surface area contributed by atoms with E-state index in [4.69, 9.17) is 4.74 Å². The Kier molecular flexibility index (Phi) is 4.20. The van der Waals surface area contributed by atoms with Crippen molar-refractivity contribution in [1.29, 1.82) is 0 Å². The molecule has 1 heterocycles. The van der Waals surface area contributed by atoms with Gasteiger partial charge in [0.05, 0.1) is 16.0 Å². The molecule has 6 heteroatoms. The molecule has 1 atom stereocenters. The number of nitro groups is 1. The quantitative estimate of drug-likeness (QED) is 0.543. The number of fused-ring (bicyclic) bond motifs is 1. The molecule has 0 unspecified atom stereocenters. The number of aromatic nitrogens is 2. The van der Waals surface area contributed by atoms with Crippen LogP contribution in [-0.4, -0.2) is 14.9 Å². The van der Waals surface area contributed by atoms with E-state index < -0.39 is 4.92 Å². The van der Waals surface area contributed by atoms with Crippen LogP contribution in [0.3, 0.4) is 0 Å². The van der Waals surface area contributed by atoms with Gasteiger partial charge in [0.2, 0.25) is 0 Å². The highest BCUT2D eigenvalue weighted by atomic mass is 16.6. The lowest BCUT2D eigenvalue weighted by Gasteiger charge is -2.13. The van der Waals surface area contributed by atoms with Crippen LogP contribution in [-0.2, 0) is 0 Å². The minimum atomic E-state index is -0.420. The number of ether oxygens (including phenoxy) is 1. The molecule has 0 aliphatic rings. The van der Waals surface area contributed by atoms with Crippen molar-refractivity contribution in [2.45, 2.75) is 32.8 Å². The second-order valence-corrected chi connectivity index (χ2v) is 6.06. The normalized spacial score (nSPS) is 12.5. The van der Waals surface area contributed by atoms with Gasteiger partial charge >= 0.3 is 0 Å². The van der Waals surface area contributed by atoms with Crippen LogP contribution < -0.4 is 4.74 Å². The van der Waals surface area contributed by atoms with E-state index >= 15 is 0 Å². The van der Waals surface area contributed by atoms with E-state index in [0.29, 0.717) is 22.8 Å². The lowest BCUT2D eigenvalue weighted by molar-refractivity contribution is -0.384. The number of nitrogens with zero attached hydrogens (tertiary/aromatic N) is 2. The number of non-ortho nitro benzene ring substituents is 1. The first-order valence-corrected chi connectivity index (χ1v) is 7.84. The van der Waals surface area contributed by atoms with Gasteiger partial charge in [-0.3, -0.25) is 10.1 Å². The van der Waals surface area contributed by atoms with Crippen molar-refractivity contribution in [3.8, 4) is 5.75 Å². The van der Waals surface area contributed by atoms with E-state index in [2.05, 4.69) is 35.9 Å². The third-order valence-electron chi connectivity index (χ3n) is 3.94. The summed E-state index contributed by atoms with van der Waals surface area (Å²) < 4.78 is 5.91. The van der Waals surface area contributed by atoms with E-state index in [1.54, 1.807) is 6.07 Å². The highest BCUT2D eigenvalue weighted by Crippen LogP contribution is 2.25. The molecule has 3 aromatic rings. The monoisotopic (exact) mass is 325 g/mol. The first kappa shape index (κ1) is 16.0. The first-order chi connectivity index (χ1) is 11.4. The molecule has 6 nitrogen and oxygen atoms in total. The summed E-state index contributed by atoms with van der Waals surface area (Å²) in [5, 5.41) is 10.8. The van der Waals surface area contributed by atoms with Crippen LogP contribution in [0.2, 0.25) is 0 Å². The zero-order valence-corrected chi connectivity index (χ0v) is 13.8. The van der Waals surface area contributed by atoms with Gasteiger partial charge in [0.15, 0.2) is 6.10 Å². The second kappa shape index (κ2) is 6.31. The summed E-state index contributed by atoms with van der Waals surface area (Å²) in [7, 11) is 0. The summed E-state index contributed by atoms with van der Waals surface area (Å²) in [4.78, 5) is 18.0. The molecule has 0 fully saturated rings. The summed E-state index contributed by atoms with van der Waals surface area (Å²) in [6.45, 7) is 6.18. The fraction of sp³-hybridized carbons (Fsp3) is 0.278. The molecule has 0 spiro atoms. The predicted molar refractivity (Wildman–Crippen MR) is 92.3 cm³/mol. The minimum absolute atomic E-state index is 0.0375. The Morgan fingerprint density at radius 2 is 1.83 bits per heavy atom. The van der Waals surface area contributed by atoms with Gasteiger partial charge < -0.3 is 9.72 Å². The molecule has 0 amide bonds. The number of nitro benzene ring substituents is 1. The molecule has 0 saturated heterocycles. The zero-order chi connectivity index (χ0) is 17.3. The van der Waals surface area contributed by atoms with Gasteiger partial charge in [-0.15, -0.1) is 0 Å². The van der Waals surface area contributed by atoms with Crippen LogP contribution in [0, 0.1) is 10.1 Å². The molecule has 3 rings (SSSR count). The van der Waals surface area contributed by atoms with E-state index in [0.717, 1.165) is 5.75 Å². The lowest BCUT2D eigenvalue weighted by Crippen LogP contribution is -2.05. The number of hydrogen-bond acceptors (Lipinski definition) is 4. The third kappa shape index (κ3) is 3.22. The molecule has 0 aliphatic heterocycles. The Morgan fingerprint density at radius 3 is 2.46 bits per heavy atom. The molecule has 1 N–H and O–H groups in total. The maximum atomic E-state index is 10.8. The Morgan fingerprint density at radius 1 is 1.12 bits per heavy atom. The molecule has 1 aromatic heterocycles. The summed E-state index contributed by atoms with van der Waals surface area (Å²) in [6.07, 6.45) is -0.290. The molecule has 124 valence electrons. The van der Waals surface area contributed by atoms with Crippen molar-refractivity contribution in [3.63, 3.8) is 0 Å². The minimum Gasteiger partial charge on any atom is -0.483 e. The van der Waals surface area contributed by atoms with E-state index in [1.807, 2.05) is 19.1 Å². The van der Waals surface area contributed by atoms with Crippen molar-refractivity contribution < 1.29 is 9.66 Å². The van der Waals surface area contributed by atoms with Gasteiger partial charge in [-0.1, -0.05) is 26.0 Å². The number of rotatable bonds is 5. The van der Waals surface area contributed by atoms with E-state index in [1.165, 1.54) is 17.7 Å². The van der Waals surface area contributed by atoms with Gasteiger partial charge in [0.1, 0.15) is 11.6 Å². The highest BCUT2D eigenvalue weighted by molar-refractivity contribution is 5.77. The third-order valence-corrected chi connectivity index (χ3v) is 3.94. The van der Waals surface area contributed by atoms with Crippen molar-refractivity contribution in [3.05, 3.63) is 64.0 Å². The number of imidazole rings is 1. The molecule has 24 heavy (non-hydrogen) atoms. The number of aromatic amines is 1. The Hall–Kier alpha value is -2.89. The molecule has 0 aliphatic carbocycles. The fourth-order valence-corrected chi connectivity index (χ4v) is 2.51. The SMILES string of the molecule is CC(C)c1ccc(O[C@H](C)c2nc3ccc([N+](=O)[O-])cc3[nH]2)cc1. The number of benzene rings is 2.